The fraction of sp³-hybridized carbons (Fsp3) is 0.857. The molecular formula is C7H14BO4. The molecule has 69 valence electrons. The van der Waals surface area contributed by atoms with Crippen molar-refractivity contribution in [3.63, 3.8) is 0 Å². The van der Waals surface area contributed by atoms with E-state index in [1.54, 1.807) is 0 Å². The topological polar surface area (TPSA) is 66.8 Å². The largest absolute Gasteiger partial charge is 0.481 e. The van der Waals surface area contributed by atoms with Gasteiger partial charge in [0.2, 0.25) is 0 Å². The molecule has 0 heterocycles. The fourth-order valence-corrected chi connectivity index (χ4v) is 0.536. The smallest absolute Gasteiger partial charge is 0.313 e. The quantitative estimate of drug-likeness (QED) is 0.443. The van der Waals surface area contributed by atoms with Gasteiger partial charge >= 0.3 is 5.97 Å². The zero-order valence-corrected chi connectivity index (χ0v) is 7.41. The van der Waals surface area contributed by atoms with Crippen LogP contribution < -0.4 is 0 Å². The molecule has 0 amide bonds. The summed E-state index contributed by atoms with van der Waals surface area (Å²) in [6.45, 7) is 2.92. The average Bonchev–Trinajstić information content (AvgIpc) is 2.04. The van der Waals surface area contributed by atoms with Crippen molar-refractivity contribution in [1.29, 1.82) is 0 Å². The predicted octanol–water partition coefficient (Wildman–Crippen LogP) is 0.144. The number of carboxylic acids is 1. The van der Waals surface area contributed by atoms with Crippen LogP contribution in [-0.2, 0) is 9.45 Å². The number of hydrogen-bond acceptors (Lipinski definition) is 3. The van der Waals surface area contributed by atoms with Crippen molar-refractivity contribution in [3.8, 4) is 0 Å². The summed E-state index contributed by atoms with van der Waals surface area (Å²) < 4.78 is 4.93. The van der Waals surface area contributed by atoms with Crippen molar-refractivity contribution < 1.29 is 19.7 Å². The van der Waals surface area contributed by atoms with Crippen LogP contribution in [0.25, 0.3) is 0 Å². The van der Waals surface area contributed by atoms with Crippen molar-refractivity contribution in [2.45, 2.75) is 20.2 Å². The van der Waals surface area contributed by atoms with E-state index in [0.717, 1.165) is 6.32 Å². The highest BCUT2D eigenvalue weighted by Crippen LogP contribution is 2.15. The molecule has 0 aliphatic carbocycles. The second-order valence-electron chi connectivity index (χ2n) is 2.91. The van der Waals surface area contributed by atoms with Crippen LogP contribution in [0.4, 0.5) is 0 Å². The second-order valence-corrected chi connectivity index (χ2v) is 2.91. The Bertz CT molecular complexity index is 150. The molecule has 1 radical (unpaired) electrons. The molecule has 0 aromatic carbocycles. The van der Waals surface area contributed by atoms with E-state index in [1.165, 1.54) is 14.4 Å². The monoisotopic (exact) mass is 173 g/mol. The molecule has 0 aliphatic rings. The molecule has 0 saturated heterocycles. The van der Waals surface area contributed by atoms with Gasteiger partial charge in [-0.05, 0) is 6.92 Å². The summed E-state index contributed by atoms with van der Waals surface area (Å²) in [5.41, 5.74) is -1.19. The first-order valence-corrected chi connectivity index (χ1v) is 3.84. The molecule has 0 fully saturated rings. The minimum Gasteiger partial charge on any atom is -0.481 e. The Hall–Kier alpha value is -0.545. The highest BCUT2D eigenvalue weighted by molar-refractivity contribution is 6.26. The molecule has 1 atom stereocenters. The molecule has 0 aromatic rings. The van der Waals surface area contributed by atoms with Crippen molar-refractivity contribution in [3.05, 3.63) is 0 Å². The maximum absolute atomic E-state index is 10.6. The van der Waals surface area contributed by atoms with Gasteiger partial charge in [0, 0.05) is 6.61 Å². The summed E-state index contributed by atoms with van der Waals surface area (Å²) in [6.07, 6.45) is 0.723. The van der Waals surface area contributed by atoms with Crippen molar-refractivity contribution in [2.24, 2.45) is 5.41 Å². The number of hydrogen-bond donors (Lipinski definition) is 2. The zero-order chi connectivity index (χ0) is 9.61. The normalized spacial score (nSPS) is 15.2. The molecule has 0 rings (SSSR count). The van der Waals surface area contributed by atoms with Gasteiger partial charge < -0.3 is 14.9 Å². The highest BCUT2D eigenvalue weighted by Gasteiger charge is 2.32. The van der Waals surface area contributed by atoms with Gasteiger partial charge in [0.1, 0.15) is 5.41 Å². The molecule has 0 aliphatic heterocycles. The van der Waals surface area contributed by atoms with E-state index >= 15 is 0 Å². The Balaban J connectivity index is 3.88. The van der Waals surface area contributed by atoms with Gasteiger partial charge in [0.25, 0.3) is 7.48 Å². The van der Waals surface area contributed by atoms with Crippen molar-refractivity contribution >= 4 is 13.5 Å². The molecular weight excluding hydrogens is 159 g/mol. The van der Waals surface area contributed by atoms with Crippen LogP contribution in [0.5, 0.6) is 0 Å². The van der Waals surface area contributed by atoms with E-state index in [2.05, 4.69) is 0 Å². The Morgan fingerprint density at radius 3 is 2.58 bits per heavy atom. The lowest BCUT2D eigenvalue weighted by Gasteiger charge is -2.21. The van der Waals surface area contributed by atoms with Crippen molar-refractivity contribution in [2.75, 3.05) is 13.2 Å². The third kappa shape index (κ3) is 3.23. The first kappa shape index (κ1) is 11.5. The Kier molecular flexibility index (Phi) is 4.93. The van der Waals surface area contributed by atoms with Crippen molar-refractivity contribution in [1.82, 2.24) is 0 Å². The molecule has 0 saturated carbocycles. The Labute approximate surface area is 72.8 Å². The zero-order valence-electron chi connectivity index (χ0n) is 7.41. The number of aliphatic hydroxyl groups is 1. The van der Waals surface area contributed by atoms with Gasteiger partial charge in [-0.3, -0.25) is 4.79 Å². The lowest BCUT2D eigenvalue weighted by Crippen LogP contribution is -2.36. The Morgan fingerprint density at radius 1 is 1.67 bits per heavy atom. The molecule has 2 N–H and O–H groups in total. The summed E-state index contributed by atoms with van der Waals surface area (Å²) in [4.78, 5) is 10.6. The third-order valence-electron chi connectivity index (χ3n) is 1.55. The van der Waals surface area contributed by atoms with E-state index in [0.29, 0.717) is 0 Å². The van der Waals surface area contributed by atoms with Gasteiger partial charge in [-0.25, -0.2) is 0 Å². The number of aliphatic carboxylic acids is 1. The molecule has 0 aromatic heterocycles. The molecule has 12 heavy (non-hydrogen) atoms. The average molecular weight is 173 g/mol. The van der Waals surface area contributed by atoms with E-state index in [4.69, 9.17) is 14.9 Å². The molecule has 0 spiro atoms. The van der Waals surface area contributed by atoms with Crippen LogP contribution in [0.2, 0.25) is 6.32 Å². The van der Waals surface area contributed by atoms with Gasteiger partial charge in [0.15, 0.2) is 0 Å². The number of carboxylic acid groups (broad SMARTS) is 1. The maximum Gasteiger partial charge on any atom is 0.313 e. The minimum atomic E-state index is -1.19. The SMILES string of the molecule is CC[B]OCC(C)(CO)C(=O)O. The van der Waals surface area contributed by atoms with Crippen LogP contribution in [-0.4, -0.2) is 36.9 Å². The number of aliphatic hydroxyl groups excluding tert-OH is 1. The summed E-state index contributed by atoms with van der Waals surface area (Å²) in [7, 11) is 1.52. The van der Waals surface area contributed by atoms with Crippen LogP contribution in [0, 0.1) is 5.41 Å². The lowest BCUT2D eigenvalue weighted by molar-refractivity contribution is -0.152. The number of carbonyl (C=O) groups is 1. The first-order chi connectivity index (χ1) is 5.56. The van der Waals surface area contributed by atoms with Crippen LogP contribution in [0.15, 0.2) is 0 Å². The van der Waals surface area contributed by atoms with Crippen LogP contribution in [0.1, 0.15) is 13.8 Å². The molecule has 0 bridgehead atoms. The standard InChI is InChI=1S/C7H14BO4/c1-3-8-12-5-7(2,4-9)6(10)11/h9H,3-5H2,1-2H3,(H,10,11). The van der Waals surface area contributed by atoms with Crippen LogP contribution in [0.3, 0.4) is 0 Å². The second kappa shape index (κ2) is 5.16. The maximum atomic E-state index is 10.6. The van der Waals surface area contributed by atoms with E-state index in [9.17, 15) is 4.79 Å². The van der Waals surface area contributed by atoms with Crippen LogP contribution >= 0.6 is 0 Å². The van der Waals surface area contributed by atoms with Gasteiger partial charge in [-0.2, -0.15) is 0 Å². The summed E-state index contributed by atoms with van der Waals surface area (Å²) in [5, 5.41) is 17.5. The first-order valence-electron chi connectivity index (χ1n) is 3.84. The van der Waals surface area contributed by atoms with Gasteiger partial charge in [-0.15, -0.1) is 0 Å². The lowest BCUT2D eigenvalue weighted by atomic mass is 9.91. The minimum absolute atomic E-state index is 0.00662. The molecule has 4 nitrogen and oxygen atoms in total. The fourth-order valence-electron chi connectivity index (χ4n) is 0.536. The highest BCUT2D eigenvalue weighted by atomic mass is 16.4. The van der Waals surface area contributed by atoms with Gasteiger partial charge in [-0.1, -0.05) is 13.2 Å². The third-order valence-corrected chi connectivity index (χ3v) is 1.55. The molecule has 1 unspecified atom stereocenters. The molecule has 5 heteroatoms. The van der Waals surface area contributed by atoms with E-state index in [1.807, 2.05) is 6.92 Å². The van der Waals surface area contributed by atoms with Gasteiger partial charge in [0.05, 0.1) is 6.61 Å². The summed E-state index contributed by atoms with van der Waals surface area (Å²) in [5.74, 6) is -1.05. The van der Waals surface area contributed by atoms with E-state index < -0.39 is 18.0 Å². The predicted molar refractivity (Wildman–Crippen MR) is 45.0 cm³/mol. The summed E-state index contributed by atoms with van der Waals surface area (Å²) in [6, 6.07) is 0. The van der Waals surface area contributed by atoms with E-state index in [-0.39, 0.29) is 6.61 Å². The number of rotatable bonds is 6. The Morgan fingerprint density at radius 2 is 2.25 bits per heavy atom. The summed E-state index contributed by atoms with van der Waals surface area (Å²) >= 11 is 0.